The Morgan fingerprint density at radius 1 is 1.13 bits per heavy atom. The molecular weight excluding hydrogens is 404 g/mol. The van der Waals surface area contributed by atoms with Gasteiger partial charge in [-0.1, -0.05) is 30.3 Å². The first-order valence-corrected chi connectivity index (χ1v) is 9.97. The summed E-state index contributed by atoms with van der Waals surface area (Å²) in [6, 6.07) is 9.39. The standard InChI is InChI=1S/C22H23F2N5O2/c1-22(2,3)31-21(30)28-10-9-16-17(13-28)26-19(14-7-5-4-6-8-14)27-18(16)15-11-25-29(12-15)20(23)24/h4-8,11-12,20H,9-10,13H2,1-3H3. The van der Waals surface area contributed by atoms with E-state index in [1.54, 1.807) is 4.90 Å². The van der Waals surface area contributed by atoms with Gasteiger partial charge in [0.25, 0.3) is 0 Å². The number of carbonyl (C=O) groups is 1. The van der Waals surface area contributed by atoms with E-state index in [9.17, 15) is 13.6 Å². The zero-order valence-corrected chi connectivity index (χ0v) is 17.5. The van der Waals surface area contributed by atoms with Crippen LogP contribution in [0, 0.1) is 0 Å². The minimum Gasteiger partial charge on any atom is -0.444 e. The predicted octanol–water partition coefficient (Wildman–Crippen LogP) is 4.70. The maximum Gasteiger partial charge on any atom is 0.410 e. The van der Waals surface area contributed by atoms with Gasteiger partial charge in [-0.25, -0.2) is 19.4 Å². The van der Waals surface area contributed by atoms with Crippen LogP contribution in [0.1, 0.15) is 38.6 Å². The fourth-order valence-electron chi connectivity index (χ4n) is 3.43. The Bertz CT molecular complexity index is 1090. The van der Waals surface area contributed by atoms with Crippen LogP contribution < -0.4 is 0 Å². The van der Waals surface area contributed by atoms with Crippen molar-refractivity contribution in [3.05, 3.63) is 54.0 Å². The van der Waals surface area contributed by atoms with E-state index in [1.165, 1.54) is 12.4 Å². The number of aromatic nitrogens is 4. The predicted molar refractivity (Wildman–Crippen MR) is 110 cm³/mol. The number of alkyl halides is 2. The lowest BCUT2D eigenvalue weighted by molar-refractivity contribution is 0.0220. The fourth-order valence-corrected chi connectivity index (χ4v) is 3.43. The molecule has 2 aromatic heterocycles. The van der Waals surface area contributed by atoms with Crippen LogP contribution in [0.4, 0.5) is 13.6 Å². The molecule has 1 aliphatic rings. The van der Waals surface area contributed by atoms with Gasteiger partial charge in [-0.3, -0.25) is 0 Å². The van der Waals surface area contributed by atoms with Gasteiger partial charge in [0, 0.05) is 29.4 Å². The molecule has 0 saturated heterocycles. The summed E-state index contributed by atoms with van der Waals surface area (Å²) < 4.78 is 32.2. The highest BCUT2D eigenvalue weighted by molar-refractivity contribution is 5.71. The molecule has 3 aromatic rings. The number of nitrogens with zero attached hydrogens (tertiary/aromatic N) is 5. The summed E-state index contributed by atoms with van der Waals surface area (Å²) in [5, 5.41) is 3.75. The monoisotopic (exact) mass is 427 g/mol. The largest absolute Gasteiger partial charge is 0.444 e. The molecule has 0 atom stereocenters. The molecule has 4 rings (SSSR count). The molecule has 162 valence electrons. The second-order valence-electron chi connectivity index (χ2n) is 8.33. The van der Waals surface area contributed by atoms with Gasteiger partial charge in [-0.05, 0) is 27.2 Å². The molecule has 0 aliphatic carbocycles. The van der Waals surface area contributed by atoms with Crippen molar-refractivity contribution in [2.24, 2.45) is 0 Å². The van der Waals surface area contributed by atoms with Crippen molar-refractivity contribution < 1.29 is 18.3 Å². The maximum absolute atomic E-state index is 13.1. The molecular formula is C22H23F2N5O2. The summed E-state index contributed by atoms with van der Waals surface area (Å²) in [5.74, 6) is 0.463. The van der Waals surface area contributed by atoms with Gasteiger partial charge in [0.05, 0.1) is 24.1 Å². The molecule has 9 heteroatoms. The second-order valence-corrected chi connectivity index (χ2v) is 8.33. The number of carbonyl (C=O) groups excluding carboxylic acids is 1. The summed E-state index contributed by atoms with van der Waals surface area (Å²) in [6.45, 7) is 3.39. The summed E-state index contributed by atoms with van der Waals surface area (Å²) in [4.78, 5) is 23.6. The van der Waals surface area contributed by atoms with Crippen LogP contribution in [0.2, 0.25) is 0 Å². The highest BCUT2D eigenvalue weighted by Crippen LogP contribution is 2.31. The van der Waals surface area contributed by atoms with Crippen molar-refractivity contribution in [1.29, 1.82) is 0 Å². The van der Waals surface area contributed by atoms with E-state index in [4.69, 9.17) is 9.72 Å². The van der Waals surface area contributed by atoms with Gasteiger partial charge in [0.2, 0.25) is 0 Å². The Labute approximate surface area is 178 Å². The number of hydrogen-bond acceptors (Lipinski definition) is 5. The van der Waals surface area contributed by atoms with Crippen molar-refractivity contribution in [2.75, 3.05) is 6.54 Å². The minimum atomic E-state index is -2.73. The third kappa shape index (κ3) is 4.55. The number of rotatable bonds is 3. The van der Waals surface area contributed by atoms with Gasteiger partial charge in [-0.15, -0.1) is 0 Å². The maximum atomic E-state index is 13.1. The Morgan fingerprint density at radius 2 is 1.87 bits per heavy atom. The van der Waals surface area contributed by atoms with Gasteiger partial charge in [0.15, 0.2) is 5.82 Å². The molecule has 3 heterocycles. The van der Waals surface area contributed by atoms with Crippen LogP contribution in [-0.2, 0) is 17.7 Å². The smallest absolute Gasteiger partial charge is 0.410 e. The first-order chi connectivity index (χ1) is 14.7. The Kier molecular flexibility index (Phi) is 5.43. The quantitative estimate of drug-likeness (QED) is 0.606. The van der Waals surface area contributed by atoms with Crippen LogP contribution in [0.5, 0.6) is 0 Å². The van der Waals surface area contributed by atoms with Crippen molar-refractivity contribution in [3.8, 4) is 22.6 Å². The molecule has 7 nitrogen and oxygen atoms in total. The molecule has 1 aromatic carbocycles. The van der Waals surface area contributed by atoms with E-state index in [2.05, 4.69) is 10.1 Å². The van der Waals surface area contributed by atoms with Crippen LogP contribution >= 0.6 is 0 Å². The first-order valence-electron chi connectivity index (χ1n) is 9.97. The second kappa shape index (κ2) is 8.05. The molecule has 0 unspecified atom stereocenters. The van der Waals surface area contributed by atoms with Crippen molar-refractivity contribution in [3.63, 3.8) is 0 Å². The molecule has 0 fully saturated rings. The molecule has 1 amide bonds. The van der Waals surface area contributed by atoms with Crippen molar-refractivity contribution in [2.45, 2.75) is 45.9 Å². The van der Waals surface area contributed by atoms with Crippen molar-refractivity contribution >= 4 is 6.09 Å². The zero-order chi connectivity index (χ0) is 22.2. The van der Waals surface area contributed by atoms with Crippen molar-refractivity contribution in [1.82, 2.24) is 24.6 Å². The molecule has 0 radical (unpaired) electrons. The third-order valence-electron chi connectivity index (χ3n) is 4.82. The van der Waals surface area contributed by atoms with E-state index >= 15 is 0 Å². The highest BCUT2D eigenvalue weighted by atomic mass is 19.3. The van der Waals surface area contributed by atoms with Crippen LogP contribution in [0.3, 0.4) is 0 Å². The molecule has 0 N–H and O–H groups in total. The van der Waals surface area contributed by atoms with Crippen LogP contribution in [0.25, 0.3) is 22.6 Å². The van der Waals surface area contributed by atoms with E-state index in [-0.39, 0.29) is 6.54 Å². The zero-order valence-electron chi connectivity index (χ0n) is 17.5. The minimum absolute atomic E-state index is 0.253. The third-order valence-corrected chi connectivity index (χ3v) is 4.82. The van der Waals surface area contributed by atoms with Crippen LogP contribution in [0.15, 0.2) is 42.7 Å². The SMILES string of the molecule is CC(C)(C)OC(=O)N1CCc2c(nc(-c3ccccc3)nc2-c2cnn(C(F)F)c2)C1. The van der Waals surface area contributed by atoms with E-state index in [0.29, 0.717) is 40.4 Å². The van der Waals surface area contributed by atoms with E-state index in [0.717, 1.165) is 11.1 Å². The summed E-state index contributed by atoms with van der Waals surface area (Å²) in [6.07, 6.45) is 2.73. The van der Waals surface area contributed by atoms with E-state index in [1.807, 2.05) is 51.1 Å². The van der Waals surface area contributed by atoms with Gasteiger partial charge < -0.3 is 9.64 Å². The topological polar surface area (TPSA) is 73.1 Å². The number of fused-ring (bicyclic) bond motifs is 1. The fraction of sp³-hybridized carbons (Fsp3) is 0.364. The number of benzene rings is 1. The number of amides is 1. The summed E-state index contributed by atoms with van der Waals surface area (Å²) >= 11 is 0. The molecule has 0 spiro atoms. The summed E-state index contributed by atoms with van der Waals surface area (Å²) in [5.41, 5.74) is 2.73. The average Bonchev–Trinajstić information content (AvgIpc) is 3.22. The average molecular weight is 427 g/mol. The van der Waals surface area contributed by atoms with Crippen LogP contribution in [-0.4, -0.2) is 42.9 Å². The lowest BCUT2D eigenvalue weighted by atomic mass is 9.99. The Hall–Kier alpha value is -3.36. The molecule has 31 heavy (non-hydrogen) atoms. The lowest BCUT2D eigenvalue weighted by Crippen LogP contribution is -2.40. The Balaban J connectivity index is 1.76. The first kappa shape index (κ1) is 20.9. The lowest BCUT2D eigenvalue weighted by Gasteiger charge is -2.31. The number of hydrogen-bond donors (Lipinski definition) is 0. The number of halogens is 2. The normalized spacial score (nSPS) is 13.9. The Morgan fingerprint density at radius 3 is 2.52 bits per heavy atom. The highest BCUT2D eigenvalue weighted by Gasteiger charge is 2.29. The summed E-state index contributed by atoms with van der Waals surface area (Å²) in [7, 11) is 0. The van der Waals surface area contributed by atoms with E-state index < -0.39 is 18.2 Å². The van der Waals surface area contributed by atoms with Gasteiger partial charge >= 0.3 is 12.6 Å². The molecule has 0 saturated carbocycles. The van der Waals surface area contributed by atoms with Gasteiger partial charge in [-0.2, -0.15) is 13.9 Å². The molecule has 1 aliphatic heterocycles. The number of ether oxygens (including phenoxy) is 1. The van der Waals surface area contributed by atoms with Gasteiger partial charge in [0.1, 0.15) is 5.60 Å². The molecule has 0 bridgehead atoms.